The fourth-order valence-corrected chi connectivity index (χ4v) is 3.45. The van der Waals surface area contributed by atoms with E-state index in [1.807, 2.05) is 29.4 Å². The zero-order valence-corrected chi connectivity index (χ0v) is 13.1. The van der Waals surface area contributed by atoms with E-state index in [0.717, 1.165) is 37.6 Å². The smallest absolute Gasteiger partial charge is 0.264 e. The number of hydrogen-bond donors (Lipinski definition) is 0. The molecule has 0 saturated carbocycles. The van der Waals surface area contributed by atoms with Gasteiger partial charge in [0.25, 0.3) is 5.91 Å². The second-order valence-electron chi connectivity index (χ2n) is 5.03. The first-order chi connectivity index (χ1) is 10.2. The van der Waals surface area contributed by atoms with Crippen LogP contribution in [0.2, 0.25) is 4.34 Å². The molecule has 2 aromatic rings. The molecule has 110 valence electrons. The number of hydrogen-bond acceptors (Lipinski definition) is 4. The summed E-state index contributed by atoms with van der Waals surface area (Å²) in [6, 6.07) is 7.65. The largest absolute Gasteiger partial charge is 0.335 e. The highest BCUT2D eigenvalue weighted by Gasteiger charge is 2.23. The van der Waals surface area contributed by atoms with Crippen LogP contribution >= 0.6 is 22.9 Å². The number of rotatable bonds is 3. The second kappa shape index (κ2) is 6.56. The maximum Gasteiger partial charge on any atom is 0.264 e. The Hall–Kier alpha value is -1.43. The number of carbonyl (C=O) groups is 1. The fraction of sp³-hybridized carbons (Fsp3) is 0.333. The standard InChI is InChI=1S/C15H16ClN3OS/c16-14-2-1-13(21-14)15(20)19-9-7-18(8-10-19)11-12-3-5-17-6-4-12/h1-6H,7-11H2. The molecule has 1 amide bonds. The summed E-state index contributed by atoms with van der Waals surface area (Å²) in [5, 5.41) is 0. The Kier molecular flexibility index (Phi) is 4.53. The van der Waals surface area contributed by atoms with Gasteiger partial charge in [-0.05, 0) is 29.8 Å². The van der Waals surface area contributed by atoms with E-state index in [1.165, 1.54) is 16.9 Å². The molecule has 1 aliphatic heterocycles. The highest BCUT2D eigenvalue weighted by molar-refractivity contribution is 7.17. The fourth-order valence-electron chi connectivity index (χ4n) is 2.44. The molecule has 1 saturated heterocycles. The number of nitrogens with zero attached hydrogens (tertiary/aromatic N) is 3. The van der Waals surface area contributed by atoms with Gasteiger partial charge in [0.05, 0.1) is 9.21 Å². The van der Waals surface area contributed by atoms with Crippen LogP contribution in [0, 0.1) is 0 Å². The normalized spacial score (nSPS) is 16.1. The van der Waals surface area contributed by atoms with Crippen LogP contribution in [-0.2, 0) is 6.54 Å². The van der Waals surface area contributed by atoms with Crippen LogP contribution in [-0.4, -0.2) is 46.9 Å². The Labute approximate surface area is 133 Å². The summed E-state index contributed by atoms with van der Waals surface area (Å²) >= 11 is 7.24. The monoisotopic (exact) mass is 321 g/mol. The van der Waals surface area contributed by atoms with Crippen molar-refractivity contribution in [3.8, 4) is 0 Å². The summed E-state index contributed by atoms with van der Waals surface area (Å²) in [4.78, 5) is 21.4. The molecule has 21 heavy (non-hydrogen) atoms. The number of carbonyl (C=O) groups excluding carboxylic acids is 1. The predicted molar refractivity (Wildman–Crippen MR) is 84.7 cm³/mol. The third kappa shape index (κ3) is 3.61. The lowest BCUT2D eigenvalue weighted by atomic mass is 10.2. The van der Waals surface area contributed by atoms with Gasteiger partial charge in [0.1, 0.15) is 0 Å². The van der Waals surface area contributed by atoms with Gasteiger partial charge in [-0.3, -0.25) is 14.7 Å². The molecule has 0 aliphatic carbocycles. The summed E-state index contributed by atoms with van der Waals surface area (Å²) in [6.07, 6.45) is 3.63. The van der Waals surface area contributed by atoms with E-state index in [2.05, 4.69) is 9.88 Å². The number of thiophene rings is 1. The first-order valence-corrected chi connectivity index (χ1v) is 8.08. The average Bonchev–Trinajstić information content (AvgIpc) is 2.95. The quantitative estimate of drug-likeness (QED) is 0.872. The van der Waals surface area contributed by atoms with E-state index in [9.17, 15) is 4.79 Å². The Balaban J connectivity index is 1.54. The van der Waals surface area contributed by atoms with Crippen molar-refractivity contribution in [3.05, 3.63) is 51.4 Å². The Bertz CT molecular complexity index is 608. The van der Waals surface area contributed by atoms with Gasteiger partial charge in [-0.25, -0.2) is 0 Å². The summed E-state index contributed by atoms with van der Waals surface area (Å²) in [5.74, 6) is 0.0930. The zero-order chi connectivity index (χ0) is 14.7. The Morgan fingerprint density at radius 3 is 2.48 bits per heavy atom. The van der Waals surface area contributed by atoms with Gasteiger partial charge in [0.2, 0.25) is 0 Å². The van der Waals surface area contributed by atoms with Crippen molar-refractivity contribution in [2.75, 3.05) is 26.2 Å². The summed E-state index contributed by atoms with van der Waals surface area (Å²) in [7, 11) is 0. The molecule has 3 heterocycles. The molecule has 2 aromatic heterocycles. The molecule has 0 spiro atoms. The van der Waals surface area contributed by atoms with Gasteiger partial charge in [-0.15, -0.1) is 11.3 Å². The van der Waals surface area contributed by atoms with Gasteiger partial charge in [-0.1, -0.05) is 11.6 Å². The lowest BCUT2D eigenvalue weighted by molar-refractivity contribution is 0.0633. The third-order valence-electron chi connectivity index (χ3n) is 3.60. The zero-order valence-electron chi connectivity index (χ0n) is 11.5. The molecule has 1 aliphatic rings. The molecule has 0 bridgehead atoms. The van der Waals surface area contributed by atoms with Gasteiger partial charge >= 0.3 is 0 Å². The maximum atomic E-state index is 12.3. The van der Waals surface area contributed by atoms with Crippen molar-refractivity contribution >= 4 is 28.8 Å². The van der Waals surface area contributed by atoms with Crippen molar-refractivity contribution < 1.29 is 4.79 Å². The van der Waals surface area contributed by atoms with Crippen molar-refractivity contribution in [3.63, 3.8) is 0 Å². The highest BCUT2D eigenvalue weighted by atomic mass is 35.5. The number of halogens is 1. The van der Waals surface area contributed by atoms with E-state index in [1.54, 1.807) is 12.1 Å². The molecule has 3 rings (SSSR count). The molecule has 0 N–H and O–H groups in total. The molecule has 6 heteroatoms. The lowest BCUT2D eigenvalue weighted by Crippen LogP contribution is -2.48. The SMILES string of the molecule is O=C(c1ccc(Cl)s1)N1CCN(Cc2ccncc2)CC1. The van der Waals surface area contributed by atoms with Crippen LogP contribution in [0.5, 0.6) is 0 Å². The Morgan fingerprint density at radius 2 is 1.86 bits per heavy atom. The predicted octanol–water partition coefficient (Wildman–Crippen LogP) is 2.75. The molecule has 0 aromatic carbocycles. The first-order valence-electron chi connectivity index (χ1n) is 6.88. The van der Waals surface area contributed by atoms with E-state index < -0.39 is 0 Å². The van der Waals surface area contributed by atoms with Crippen molar-refractivity contribution in [2.24, 2.45) is 0 Å². The number of amides is 1. The summed E-state index contributed by atoms with van der Waals surface area (Å²) < 4.78 is 0.662. The van der Waals surface area contributed by atoms with Crippen LogP contribution in [0.4, 0.5) is 0 Å². The van der Waals surface area contributed by atoms with Gasteiger partial charge < -0.3 is 4.90 Å². The van der Waals surface area contributed by atoms with Crippen molar-refractivity contribution in [1.29, 1.82) is 0 Å². The molecular formula is C15H16ClN3OS. The van der Waals surface area contributed by atoms with Gasteiger partial charge in [-0.2, -0.15) is 0 Å². The molecule has 0 radical (unpaired) electrons. The molecule has 0 unspecified atom stereocenters. The minimum absolute atomic E-state index is 0.0930. The lowest BCUT2D eigenvalue weighted by Gasteiger charge is -2.34. The highest BCUT2D eigenvalue weighted by Crippen LogP contribution is 2.23. The van der Waals surface area contributed by atoms with Crippen molar-refractivity contribution in [2.45, 2.75) is 6.54 Å². The molecule has 4 nitrogen and oxygen atoms in total. The molecule has 1 fully saturated rings. The minimum Gasteiger partial charge on any atom is -0.335 e. The van der Waals surface area contributed by atoms with E-state index in [-0.39, 0.29) is 5.91 Å². The third-order valence-corrected chi connectivity index (χ3v) is 4.82. The number of pyridine rings is 1. The molecule has 0 atom stereocenters. The first kappa shape index (κ1) is 14.5. The number of piperazine rings is 1. The topological polar surface area (TPSA) is 36.4 Å². The average molecular weight is 322 g/mol. The Morgan fingerprint density at radius 1 is 1.14 bits per heavy atom. The summed E-state index contributed by atoms with van der Waals surface area (Å²) in [5.41, 5.74) is 1.26. The minimum atomic E-state index is 0.0930. The summed E-state index contributed by atoms with van der Waals surface area (Å²) in [6.45, 7) is 4.23. The van der Waals surface area contributed by atoms with Crippen LogP contribution < -0.4 is 0 Å². The van der Waals surface area contributed by atoms with Crippen molar-refractivity contribution in [1.82, 2.24) is 14.8 Å². The van der Waals surface area contributed by atoms with Crippen LogP contribution in [0.3, 0.4) is 0 Å². The van der Waals surface area contributed by atoms with Crippen LogP contribution in [0.1, 0.15) is 15.2 Å². The van der Waals surface area contributed by atoms with Gasteiger partial charge in [0, 0.05) is 45.1 Å². The van der Waals surface area contributed by atoms with Crippen LogP contribution in [0.15, 0.2) is 36.7 Å². The molecular weight excluding hydrogens is 306 g/mol. The van der Waals surface area contributed by atoms with Crippen LogP contribution in [0.25, 0.3) is 0 Å². The number of aromatic nitrogens is 1. The van der Waals surface area contributed by atoms with E-state index >= 15 is 0 Å². The van der Waals surface area contributed by atoms with Gasteiger partial charge in [0.15, 0.2) is 0 Å². The second-order valence-corrected chi connectivity index (χ2v) is 6.74. The van der Waals surface area contributed by atoms with E-state index in [4.69, 9.17) is 11.6 Å². The van der Waals surface area contributed by atoms with E-state index in [0.29, 0.717) is 4.34 Å². The maximum absolute atomic E-state index is 12.3.